The number of carbonyl (C=O) groups is 1. The van der Waals surface area contributed by atoms with Crippen molar-refractivity contribution in [3.8, 4) is 5.75 Å². The predicted octanol–water partition coefficient (Wildman–Crippen LogP) is 3.65. The SMILES string of the molecule is Cc1cccc(OC(=O)OCCN(C)c2ccccc2)c1. The van der Waals surface area contributed by atoms with Crippen LogP contribution >= 0.6 is 0 Å². The minimum Gasteiger partial charge on any atom is -0.432 e. The number of carbonyl (C=O) groups excluding carboxylic acids is 1. The maximum atomic E-state index is 11.6. The Kier molecular flexibility index (Phi) is 5.21. The van der Waals surface area contributed by atoms with Crippen LogP contribution in [0.5, 0.6) is 5.75 Å². The van der Waals surface area contributed by atoms with E-state index >= 15 is 0 Å². The largest absolute Gasteiger partial charge is 0.513 e. The summed E-state index contributed by atoms with van der Waals surface area (Å²) in [5.74, 6) is 0.497. The normalized spacial score (nSPS) is 10.0. The van der Waals surface area contributed by atoms with Gasteiger partial charge in [0.15, 0.2) is 0 Å². The van der Waals surface area contributed by atoms with Gasteiger partial charge in [0.1, 0.15) is 12.4 Å². The first-order valence-corrected chi connectivity index (χ1v) is 6.82. The fourth-order valence-electron chi connectivity index (χ4n) is 1.88. The van der Waals surface area contributed by atoms with Crippen LogP contribution in [-0.2, 0) is 4.74 Å². The zero-order valence-corrected chi connectivity index (χ0v) is 12.3. The van der Waals surface area contributed by atoms with Crippen molar-refractivity contribution in [2.75, 3.05) is 25.1 Å². The van der Waals surface area contributed by atoms with Crippen LogP contribution in [0.2, 0.25) is 0 Å². The Balaban J connectivity index is 1.74. The van der Waals surface area contributed by atoms with Crippen LogP contribution in [0, 0.1) is 6.92 Å². The first kappa shape index (κ1) is 14.9. The van der Waals surface area contributed by atoms with Crippen LogP contribution in [0.25, 0.3) is 0 Å². The number of nitrogens with zero attached hydrogens (tertiary/aromatic N) is 1. The lowest BCUT2D eigenvalue weighted by atomic mass is 10.2. The third kappa shape index (κ3) is 4.84. The van der Waals surface area contributed by atoms with E-state index in [0.29, 0.717) is 12.3 Å². The summed E-state index contributed by atoms with van der Waals surface area (Å²) in [5, 5.41) is 0. The first-order valence-electron chi connectivity index (χ1n) is 6.82. The molecule has 0 spiro atoms. The second-order valence-electron chi connectivity index (χ2n) is 4.77. The summed E-state index contributed by atoms with van der Waals surface area (Å²) < 4.78 is 10.2. The zero-order valence-electron chi connectivity index (χ0n) is 12.3. The molecule has 0 atom stereocenters. The van der Waals surface area contributed by atoms with Gasteiger partial charge in [-0.15, -0.1) is 0 Å². The van der Waals surface area contributed by atoms with E-state index in [4.69, 9.17) is 9.47 Å². The van der Waals surface area contributed by atoms with Crippen molar-refractivity contribution in [1.82, 2.24) is 0 Å². The average Bonchev–Trinajstić information content (AvgIpc) is 2.48. The third-order valence-electron chi connectivity index (χ3n) is 3.03. The predicted molar refractivity (Wildman–Crippen MR) is 82.9 cm³/mol. The van der Waals surface area contributed by atoms with Gasteiger partial charge in [0, 0.05) is 12.7 Å². The minimum atomic E-state index is -0.679. The monoisotopic (exact) mass is 285 g/mol. The van der Waals surface area contributed by atoms with Crippen molar-refractivity contribution in [3.05, 3.63) is 60.2 Å². The fourth-order valence-corrected chi connectivity index (χ4v) is 1.88. The van der Waals surface area contributed by atoms with Crippen LogP contribution in [-0.4, -0.2) is 26.4 Å². The molecule has 4 heteroatoms. The minimum absolute atomic E-state index is 0.274. The number of likely N-dealkylation sites (N-methyl/N-ethyl adjacent to an activating group) is 1. The molecular weight excluding hydrogens is 266 g/mol. The molecule has 4 nitrogen and oxygen atoms in total. The highest BCUT2D eigenvalue weighted by atomic mass is 16.7. The number of para-hydroxylation sites is 1. The summed E-state index contributed by atoms with van der Waals surface area (Å²) >= 11 is 0. The van der Waals surface area contributed by atoms with Gasteiger partial charge in [-0.25, -0.2) is 4.79 Å². The lowest BCUT2D eigenvalue weighted by Gasteiger charge is -2.18. The summed E-state index contributed by atoms with van der Waals surface area (Å²) in [6.45, 7) is 2.82. The lowest BCUT2D eigenvalue weighted by Crippen LogP contribution is -2.24. The van der Waals surface area contributed by atoms with Gasteiger partial charge in [-0.05, 0) is 36.8 Å². The van der Waals surface area contributed by atoms with Crippen molar-refractivity contribution >= 4 is 11.8 Å². The third-order valence-corrected chi connectivity index (χ3v) is 3.03. The standard InChI is InChI=1S/C17H19NO3/c1-14-7-6-10-16(13-14)21-17(19)20-12-11-18(2)15-8-4-3-5-9-15/h3-10,13H,11-12H2,1-2H3. The number of ether oxygens (including phenoxy) is 2. The van der Waals surface area contributed by atoms with Crippen LogP contribution in [0.15, 0.2) is 54.6 Å². The van der Waals surface area contributed by atoms with E-state index in [-0.39, 0.29) is 6.61 Å². The second-order valence-corrected chi connectivity index (χ2v) is 4.77. The molecule has 0 bridgehead atoms. The van der Waals surface area contributed by atoms with E-state index in [1.165, 1.54) is 0 Å². The number of hydrogen-bond acceptors (Lipinski definition) is 4. The van der Waals surface area contributed by atoms with E-state index in [0.717, 1.165) is 11.3 Å². The molecule has 0 saturated heterocycles. The van der Waals surface area contributed by atoms with Crippen LogP contribution in [0.1, 0.15) is 5.56 Å². The highest BCUT2D eigenvalue weighted by molar-refractivity contribution is 5.63. The molecule has 0 aliphatic carbocycles. The highest BCUT2D eigenvalue weighted by Crippen LogP contribution is 2.13. The second kappa shape index (κ2) is 7.33. The summed E-state index contributed by atoms with van der Waals surface area (Å²) in [4.78, 5) is 13.6. The molecule has 0 radical (unpaired) electrons. The summed E-state index contributed by atoms with van der Waals surface area (Å²) in [6, 6.07) is 17.2. The first-order chi connectivity index (χ1) is 10.1. The number of anilines is 1. The van der Waals surface area contributed by atoms with E-state index in [1.807, 2.05) is 61.3 Å². The Morgan fingerprint density at radius 2 is 1.86 bits per heavy atom. The number of rotatable bonds is 5. The van der Waals surface area contributed by atoms with Crippen molar-refractivity contribution in [3.63, 3.8) is 0 Å². The quantitative estimate of drug-likeness (QED) is 0.621. The molecule has 21 heavy (non-hydrogen) atoms. The van der Waals surface area contributed by atoms with Crippen LogP contribution < -0.4 is 9.64 Å². The van der Waals surface area contributed by atoms with Crippen LogP contribution in [0.3, 0.4) is 0 Å². The highest BCUT2D eigenvalue weighted by Gasteiger charge is 2.07. The zero-order chi connectivity index (χ0) is 15.1. The van der Waals surface area contributed by atoms with E-state index in [1.54, 1.807) is 12.1 Å². The summed E-state index contributed by atoms with van der Waals surface area (Å²) in [5.41, 5.74) is 2.11. The summed E-state index contributed by atoms with van der Waals surface area (Å²) in [6.07, 6.45) is -0.679. The molecule has 0 saturated carbocycles. The van der Waals surface area contributed by atoms with Crippen molar-refractivity contribution in [2.24, 2.45) is 0 Å². The number of aryl methyl sites for hydroxylation is 1. The Morgan fingerprint density at radius 1 is 1.10 bits per heavy atom. The van der Waals surface area contributed by atoms with Gasteiger partial charge in [0.2, 0.25) is 0 Å². The molecule has 0 aliphatic heterocycles. The van der Waals surface area contributed by atoms with Crippen LogP contribution in [0.4, 0.5) is 10.5 Å². The molecule has 0 aromatic heterocycles. The Labute approximate surface area is 124 Å². The number of benzene rings is 2. The van der Waals surface area contributed by atoms with Gasteiger partial charge in [-0.1, -0.05) is 30.3 Å². The Bertz CT molecular complexity index is 584. The average molecular weight is 285 g/mol. The Hall–Kier alpha value is -2.49. The molecule has 0 heterocycles. The molecule has 0 N–H and O–H groups in total. The maximum Gasteiger partial charge on any atom is 0.513 e. The van der Waals surface area contributed by atoms with E-state index in [9.17, 15) is 4.79 Å². The Morgan fingerprint density at radius 3 is 2.57 bits per heavy atom. The van der Waals surface area contributed by atoms with Crippen molar-refractivity contribution in [1.29, 1.82) is 0 Å². The molecule has 0 aliphatic rings. The molecule has 110 valence electrons. The van der Waals surface area contributed by atoms with Gasteiger partial charge in [0.25, 0.3) is 0 Å². The maximum absolute atomic E-state index is 11.6. The van der Waals surface area contributed by atoms with Gasteiger partial charge >= 0.3 is 6.16 Å². The lowest BCUT2D eigenvalue weighted by molar-refractivity contribution is 0.102. The van der Waals surface area contributed by atoms with Gasteiger partial charge in [-0.3, -0.25) is 0 Å². The van der Waals surface area contributed by atoms with Crippen molar-refractivity contribution < 1.29 is 14.3 Å². The van der Waals surface area contributed by atoms with Gasteiger partial charge in [-0.2, -0.15) is 0 Å². The number of hydrogen-bond donors (Lipinski definition) is 0. The van der Waals surface area contributed by atoms with Gasteiger partial charge < -0.3 is 14.4 Å². The topological polar surface area (TPSA) is 38.8 Å². The fraction of sp³-hybridized carbons (Fsp3) is 0.235. The summed E-state index contributed by atoms with van der Waals surface area (Å²) in [7, 11) is 1.95. The van der Waals surface area contributed by atoms with E-state index in [2.05, 4.69) is 0 Å². The van der Waals surface area contributed by atoms with E-state index < -0.39 is 6.16 Å². The molecule has 2 aromatic rings. The smallest absolute Gasteiger partial charge is 0.432 e. The van der Waals surface area contributed by atoms with Gasteiger partial charge in [0.05, 0.1) is 6.54 Å². The van der Waals surface area contributed by atoms with Crippen molar-refractivity contribution in [2.45, 2.75) is 6.92 Å². The molecule has 2 rings (SSSR count). The molecule has 0 unspecified atom stereocenters. The molecular formula is C17H19NO3. The molecule has 0 amide bonds. The molecule has 0 fully saturated rings. The molecule has 2 aromatic carbocycles.